The summed E-state index contributed by atoms with van der Waals surface area (Å²) in [6.45, 7) is 0. The van der Waals surface area contributed by atoms with Crippen LogP contribution in [0.1, 0.15) is 10.4 Å². The highest BCUT2D eigenvalue weighted by Crippen LogP contribution is 2.24. The van der Waals surface area contributed by atoms with E-state index in [1.165, 1.54) is 34.8 Å². The summed E-state index contributed by atoms with van der Waals surface area (Å²) in [5, 5.41) is 0.918. The van der Waals surface area contributed by atoms with Crippen LogP contribution in [0, 0.1) is 5.82 Å². The first-order valence-electron chi connectivity index (χ1n) is 9.32. The Morgan fingerprint density at radius 2 is 1.57 bits per heavy atom. The summed E-state index contributed by atoms with van der Waals surface area (Å²) in [5.74, 6) is -0.261. The number of benzene rings is 3. The molecule has 0 radical (unpaired) electrons. The van der Waals surface area contributed by atoms with Crippen molar-refractivity contribution in [3.63, 3.8) is 0 Å². The average Bonchev–Trinajstić information content (AvgIpc) is 2.79. The molecule has 4 aromatic rings. The molecule has 30 heavy (non-hydrogen) atoms. The third-order valence-corrected chi connectivity index (χ3v) is 5.02. The maximum Gasteiger partial charge on any atom is 0.262 e. The fourth-order valence-electron chi connectivity index (χ4n) is 3.41. The highest BCUT2D eigenvalue weighted by Gasteiger charge is 2.21. The van der Waals surface area contributed by atoms with Crippen LogP contribution >= 0.6 is 0 Å². The molecular weight excluding hydrogens is 383 g/mol. The molecule has 6 heteroatoms. The number of carbonyl (C=O) groups is 1. The summed E-state index contributed by atoms with van der Waals surface area (Å²) in [6, 6.07) is 19.9. The Kier molecular flexibility index (Phi) is 5.06. The Morgan fingerprint density at radius 1 is 0.933 bits per heavy atom. The van der Waals surface area contributed by atoms with E-state index in [1.807, 2.05) is 0 Å². The summed E-state index contributed by atoms with van der Waals surface area (Å²) < 4.78 is 20.8. The quantitative estimate of drug-likeness (QED) is 0.508. The molecule has 5 nitrogen and oxygen atoms in total. The first-order valence-corrected chi connectivity index (χ1v) is 9.32. The van der Waals surface area contributed by atoms with Gasteiger partial charge in [-0.15, -0.1) is 0 Å². The number of nitrogens with zero attached hydrogens (tertiary/aromatic N) is 2. The molecule has 0 atom stereocenters. The number of rotatable bonds is 4. The molecule has 0 saturated heterocycles. The van der Waals surface area contributed by atoms with Crippen LogP contribution in [0.15, 0.2) is 83.8 Å². The molecule has 0 aliphatic heterocycles. The van der Waals surface area contributed by atoms with Gasteiger partial charge in [-0.3, -0.25) is 14.2 Å². The zero-order valence-corrected chi connectivity index (χ0v) is 16.5. The van der Waals surface area contributed by atoms with Gasteiger partial charge < -0.3 is 9.64 Å². The Hall–Kier alpha value is -3.93. The number of carbonyl (C=O) groups excluding carboxylic acids is 1. The van der Waals surface area contributed by atoms with Crippen LogP contribution in [0.2, 0.25) is 0 Å². The molecule has 150 valence electrons. The Bertz CT molecular complexity index is 1300. The average molecular weight is 402 g/mol. The van der Waals surface area contributed by atoms with E-state index >= 15 is 0 Å². The minimum absolute atomic E-state index is 0.161. The molecule has 4 rings (SSSR count). The number of amides is 1. The van der Waals surface area contributed by atoms with Gasteiger partial charge in [0.25, 0.3) is 11.5 Å². The van der Waals surface area contributed by atoms with E-state index in [-0.39, 0.29) is 11.2 Å². The number of para-hydroxylation sites is 1. The molecule has 1 amide bonds. The number of fused-ring (bicyclic) bond motifs is 1. The first-order chi connectivity index (χ1) is 14.5. The second-order valence-electron chi connectivity index (χ2n) is 6.78. The number of hydrogen-bond donors (Lipinski definition) is 0. The lowest BCUT2D eigenvalue weighted by Crippen LogP contribution is -2.29. The molecule has 0 spiro atoms. The van der Waals surface area contributed by atoms with Gasteiger partial charge in [-0.2, -0.15) is 0 Å². The summed E-state index contributed by atoms with van der Waals surface area (Å²) in [6.07, 6.45) is 1.51. The first kappa shape index (κ1) is 19.4. The minimum atomic E-state index is -0.499. The fourth-order valence-corrected chi connectivity index (χ4v) is 3.41. The van der Waals surface area contributed by atoms with Crippen LogP contribution < -0.4 is 15.2 Å². The maximum atomic E-state index is 14.2. The van der Waals surface area contributed by atoms with Gasteiger partial charge in [-0.05, 0) is 42.5 Å². The van der Waals surface area contributed by atoms with Gasteiger partial charge in [-0.25, -0.2) is 4.39 Å². The van der Waals surface area contributed by atoms with E-state index in [1.54, 1.807) is 67.8 Å². The van der Waals surface area contributed by atoms with Crippen molar-refractivity contribution in [1.82, 2.24) is 4.57 Å². The van der Waals surface area contributed by atoms with E-state index in [9.17, 15) is 14.0 Å². The monoisotopic (exact) mass is 402 g/mol. The van der Waals surface area contributed by atoms with Crippen molar-refractivity contribution < 1.29 is 13.9 Å². The molecule has 1 aromatic heterocycles. The largest absolute Gasteiger partial charge is 0.497 e. The van der Waals surface area contributed by atoms with E-state index in [0.717, 1.165) is 0 Å². The minimum Gasteiger partial charge on any atom is -0.497 e. The van der Waals surface area contributed by atoms with Gasteiger partial charge in [-0.1, -0.05) is 30.3 Å². The van der Waals surface area contributed by atoms with E-state index in [4.69, 9.17) is 4.74 Å². The normalized spacial score (nSPS) is 10.8. The number of pyridine rings is 1. The molecule has 0 aliphatic rings. The maximum absolute atomic E-state index is 14.2. The molecule has 1 heterocycles. The standard InChI is InChI=1S/C24H19FN2O3/c1-26(22-10-6-5-9-21(22)25)23(28)20-15-27(16-11-13-17(30-2)14-12-16)24(29)19-8-4-3-7-18(19)20/h3-15H,1-2H3. The number of methoxy groups -OCH3 is 1. The van der Waals surface area contributed by atoms with Crippen LogP contribution in [0.5, 0.6) is 5.75 Å². The molecule has 0 fully saturated rings. The number of aromatic nitrogens is 1. The van der Waals surface area contributed by atoms with Crippen molar-refractivity contribution in [1.29, 1.82) is 0 Å². The molecule has 3 aromatic carbocycles. The van der Waals surface area contributed by atoms with Gasteiger partial charge in [0.15, 0.2) is 0 Å². The topological polar surface area (TPSA) is 51.5 Å². The highest BCUT2D eigenvalue weighted by atomic mass is 19.1. The van der Waals surface area contributed by atoms with Crippen molar-refractivity contribution in [2.45, 2.75) is 0 Å². The third kappa shape index (κ3) is 3.33. The summed E-state index contributed by atoms with van der Waals surface area (Å²) >= 11 is 0. The molecule has 0 bridgehead atoms. The lowest BCUT2D eigenvalue weighted by atomic mass is 10.1. The van der Waals surface area contributed by atoms with Gasteiger partial charge in [0.2, 0.25) is 0 Å². The summed E-state index contributed by atoms with van der Waals surface area (Å²) in [4.78, 5) is 27.7. The number of hydrogen-bond acceptors (Lipinski definition) is 3. The zero-order chi connectivity index (χ0) is 21.3. The van der Waals surface area contributed by atoms with Crippen LogP contribution in [-0.2, 0) is 0 Å². The van der Waals surface area contributed by atoms with Gasteiger partial charge in [0, 0.05) is 29.7 Å². The van der Waals surface area contributed by atoms with Crippen molar-refractivity contribution >= 4 is 22.4 Å². The summed E-state index contributed by atoms with van der Waals surface area (Å²) in [5.41, 5.74) is 0.801. The molecule has 0 saturated carbocycles. The molecule has 0 unspecified atom stereocenters. The van der Waals surface area contributed by atoms with Crippen molar-refractivity contribution in [3.8, 4) is 11.4 Å². The van der Waals surface area contributed by atoms with Gasteiger partial charge in [0.1, 0.15) is 11.6 Å². The lowest BCUT2D eigenvalue weighted by Gasteiger charge is -2.20. The van der Waals surface area contributed by atoms with Crippen LogP contribution in [0.25, 0.3) is 16.5 Å². The Labute approximate surface area is 172 Å². The Morgan fingerprint density at radius 3 is 2.23 bits per heavy atom. The van der Waals surface area contributed by atoms with Crippen LogP contribution in [0.3, 0.4) is 0 Å². The van der Waals surface area contributed by atoms with E-state index < -0.39 is 11.7 Å². The number of halogens is 1. The predicted octanol–water partition coefficient (Wildman–Crippen LogP) is 4.42. The second kappa shape index (κ2) is 7.83. The van der Waals surface area contributed by atoms with E-state index in [2.05, 4.69) is 0 Å². The number of ether oxygens (including phenoxy) is 1. The predicted molar refractivity (Wildman–Crippen MR) is 115 cm³/mol. The smallest absolute Gasteiger partial charge is 0.262 e. The van der Waals surface area contributed by atoms with E-state index in [0.29, 0.717) is 27.8 Å². The number of anilines is 1. The fraction of sp³-hybridized carbons (Fsp3) is 0.0833. The van der Waals surface area contributed by atoms with Crippen LogP contribution in [0.4, 0.5) is 10.1 Å². The molecule has 0 aliphatic carbocycles. The Balaban J connectivity index is 1.91. The zero-order valence-electron chi connectivity index (χ0n) is 16.5. The SMILES string of the molecule is COc1ccc(-n2cc(C(=O)N(C)c3ccccc3F)c3ccccc3c2=O)cc1. The molecule has 0 N–H and O–H groups in total. The van der Waals surface area contributed by atoms with Gasteiger partial charge >= 0.3 is 0 Å². The van der Waals surface area contributed by atoms with Gasteiger partial charge in [0.05, 0.1) is 18.4 Å². The highest BCUT2D eigenvalue weighted by molar-refractivity contribution is 6.13. The second-order valence-corrected chi connectivity index (χ2v) is 6.78. The van der Waals surface area contributed by atoms with Crippen molar-refractivity contribution in [3.05, 3.63) is 101 Å². The lowest BCUT2D eigenvalue weighted by molar-refractivity contribution is 0.0993. The van der Waals surface area contributed by atoms with Crippen molar-refractivity contribution in [2.24, 2.45) is 0 Å². The third-order valence-electron chi connectivity index (χ3n) is 5.02. The molecular formula is C24H19FN2O3. The van der Waals surface area contributed by atoms with Crippen LogP contribution in [-0.4, -0.2) is 24.6 Å². The van der Waals surface area contributed by atoms with Crippen molar-refractivity contribution in [2.75, 3.05) is 19.1 Å². The summed E-state index contributed by atoms with van der Waals surface area (Å²) in [7, 11) is 3.07.